The molecule has 0 saturated heterocycles. The van der Waals surface area contributed by atoms with Gasteiger partial charge in [0.05, 0.1) is 20.1 Å². The summed E-state index contributed by atoms with van der Waals surface area (Å²) >= 11 is 0. The molecule has 1 aliphatic rings. The Labute approximate surface area is 133 Å². The number of nitrogens with two attached hydrogens (primary N) is 1. The Hall–Kier alpha value is -3.14. The molecule has 0 bridgehead atoms. The number of fused-ring (bicyclic) bond motifs is 1. The second-order valence-electron chi connectivity index (χ2n) is 5.10. The summed E-state index contributed by atoms with van der Waals surface area (Å²) in [6, 6.07) is 7.56. The van der Waals surface area contributed by atoms with E-state index in [4.69, 9.17) is 19.9 Å². The van der Waals surface area contributed by atoms with Crippen molar-refractivity contribution >= 4 is 0 Å². The molecule has 0 spiro atoms. The zero-order chi connectivity index (χ0) is 16.6. The molecule has 3 rings (SSSR count). The van der Waals surface area contributed by atoms with Crippen molar-refractivity contribution in [2.45, 2.75) is 12.8 Å². The maximum Gasteiger partial charge on any atom is 0.244 e. The first kappa shape index (κ1) is 14.8. The quantitative estimate of drug-likeness (QED) is 0.897. The number of aryl methyl sites for hydroxylation is 1. The lowest BCUT2D eigenvalue weighted by atomic mass is 9.83. The summed E-state index contributed by atoms with van der Waals surface area (Å²) in [5, 5.41) is 16.5. The van der Waals surface area contributed by atoms with Crippen LogP contribution in [-0.2, 0) is 0 Å². The largest absolute Gasteiger partial charge is 0.497 e. The fourth-order valence-corrected chi connectivity index (χ4v) is 2.77. The number of nitrogens with one attached hydrogen (secondary N) is 1. The standard InChI is InChI=1S/C16H16N4O3/c1-8-13-14(10-6-9(21-2)4-5-12(10)22-3)11(7-17)15(18)23-16(13)20-19-8/h4-6,14H,18H2,1-3H3,(H,19,20)/t14-/m0/s1. The lowest BCUT2D eigenvalue weighted by Gasteiger charge is -2.25. The predicted octanol–water partition coefficient (Wildman–Crippen LogP) is 1.95. The van der Waals surface area contributed by atoms with Crippen LogP contribution in [-0.4, -0.2) is 24.4 Å². The van der Waals surface area contributed by atoms with Crippen LogP contribution in [0.3, 0.4) is 0 Å². The van der Waals surface area contributed by atoms with Crippen LogP contribution < -0.4 is 19.9 Å². The Morgan fingerprint density at radius 1 is 1.35 bits per heavy atom. The molecule has 1 atom stereocenters. The average molecular weight is 312 g/mol. The second-order valence-corrected chi connectivity index (χ2v) is 5.10. The van der Waals surface area contributed by atoms with Gasteiger partial charge in [-0.3, -0.25) is 5.10 Å². The van der Waals surface area contributed by atoms with Crippen molar-refractivity contribution in [2.24, 2.45) is 5.73 Å². The third-order valence-corrected chi connectivity index (χ3v) is 3.88. The van der Waals surface area contributed by atoms with Crippen LogP contribution in [0.25, 0.3) is 0 Å². The van der Waals surface area contributed by atoms with Crippen molar-refractivity contribution in [1.29, 1.82) is 5.26 Å². The fourth-order valence-electron chi connectivity index (χ4n) is 2.77. The first-order valence-electron chi connectivity index (χ1n) is 6.95. The highest BCUT2D eigenvalue weighted by Crippen LogP contribution is 2.46. The molecular weight excluding hydrogens is 296 g/mol. The number of methoxy groups -OCH3 is 2. The Morgan fingerprint density at radius 3 is 2.78 bits per heavy atom. The summed E-state index contributed by atoms with van der Waals surface area (Å²) in [6.07, 6.45) is 0. The van der Waals surface area contributed by atoms with Gasteiger partial charge in [-0.1, -0.05) is 0 Å². The normalized spacial score (nSPS) is 16.3. The van der Waals surface area contributed by atoms with E-state index in [1.54, 1.807) is 26.4 Å². The minimum Gasteiger partial charge on any atom is -0.497 e. The number of hydrogen-bond acceptors (Lipinski definition) is 6. The zero-order valence-corrected chi connectivity index (χ0v) is 13.0. The Balaban J connectivity index is 2.29. The highest BCUT2D eigenvalue weighted by atomic mass is 16.5. The monoisotopic (exact) mass is 312 g/mol. The lowest BCUT2D eigenvalue weighted by molar-refractivity contribution is 0.373. The van der Waals surface area contributed by atoms with E-state index in [0.717, 1.165) is 16.8 Å². The molecule has 0 amide bonds. The van der Waals surface area contributed by atoms with Gasteiger partial charge >= 0.3 is 0 Å². The molecule has 1 aromatic carbocycles. The molecule has 7 nitrogen and oxygen atoms in total. The SMILES string of the molecule is COc1ccc(OC)c([C@H]2C(C#N)=C(N)Oc3n[nH]c(C)c32)c1. The molecule has 118 valence electrons. The van der Waals surface area contributed by atoms with Crippen LogP contribution in [0.15, 0.2) is 29.7 Å². The van der Waals surface area contributed by atoms with Crippen LogP contribution >= 0.6 is 0 Å². The van der Waals surface area contributed by atoms with Crippen molar-refractivity contribution in [2.75, 3.05) is 14.2 Å². The number of aromatic nitrogens is 2. The van der Waals surface area contributed by atoms with Gasteiger partial charge < -0.3 is 19.9 Å². The van der Waals surface area contributed by atoms with Gasteiger partial charge in [-0.15, -0.1) is 5.10 Å². The third kappa shape index (κ3) is 2.25. The van der Waals surface area contributed by atoms with Crippen LogP contribution in [0.4, 0.5) is 0 Å². The molecule has 3 N–H and O–H groups in total. The first-order valence-corrected chi connectivity index (χ1v) is 6.95. The predicted molar refractivity (Wildman–Crippen MR) is 82.2 cm³/mol. The number of allylic oxidation sites excluding steroid dienone is 1. The van der Waals surface area contributed by atoms with E-state index in [1.165, 1.54) is 0 Å². The lowest BCUT2D eigenvalue weighted by Crippen LogP contribution is -2.21. The van der Waals surface area contributed by atoms with Gasteiger partial charge in [0, 0.05) is 16.8 Å². The number of hydrogen-bond donors (Lipinski definition) is 2. The van der Waals surface area contributed by atoms with Crippen molar-refractivity contribution in [3.05, 3.63) is 46.5 Å². The minimum atomic E-state index is -0.437. The molecule has 0 radical (unpaired) electrons. The van der Waals surface area contributed by atoms with Crippen molar-refractivity contribution < 1.29 is 14.2 Å². The van der Waals surface area contributed by atoms with Gasteiger partial charge in [-0.25, -0.2) is 0 Å². The summed E-state index contributed by atoms with van der Waals surface area (Å²) in [4.78, 5) is 0. The summed E-state index contributed by atoms with van der Waals surface area (Å²) in [5.41, 5.74) is 8.56. The number of nitriles is 1. The highest BCUT2D eigenvalue weighted by Gasteiger charge is 2.36. The van der Waals surface area contributed by atoms with Gasteiger partial charge in [0.25, 0.3) is 0 Å². The topological polar surface area (TPSA) is 106 Å². The van der Waals surface area contributed by atoms with E-state index >= 15 is 0 Å². The van der Waals surface area contributed by atoms with Crippen molar-refractivity contribution in [1.82, 2.24) is 10.2 Å². The summed E-state index contributed by atoms with van der Waals surface area (Å²) in [6.45, 7) is 1.87. The zero-order valence-electron chi connectivity index (χ0n) is 13.0. The molecule has 2 heterocycles. The smallest absolute Gasteiger partial charge is 0.244 e. The van der Waals surface area contributed by atoms with E-state index in [1.807, 2.05) is 13.0 Å². The maximum absolute atomic E-state index is 9.57. The Bertz CT molecular complexity index is 832. The van der Waals surface area contributed by atoms with Crippen molar-refractivity contribution in [3.8, 4) is 23.4 Å². The molecule has 23 heavy (non-hydrogen) atoms. The van der Waals surface area contributed by atoms with Gasteiger partial charge in [-0.05, 0) is 25.1 Å². The van der Waals surface area contributed by atoms with Gasteiger partial charge in [-0.2, -0.15) is 5.26 Å². The van der Waals surface area contributed by atoms with E-state index in [2.05, 4.69) is 16.3 Å². The fraction of sp³-hybridized carbons (Fsp3) is 0.250. The molecule has 0 aliphatic carbocycles. The van der Waals surface area contributed by atoms with Crippen LogP contribution in [0.2, 0.25) is 0 Å². The number of ether oxygens (including phenoxy) is 3. The number of rotatable bonds is 3. The molecule has 2 aromatic rings. The van der Waals surface area contributed by atoms with Gasteiger partial charge in [0.15, 0.2) is 0 Å². The Kier molecular flexibility index (Phi) is 3.58. The van der Waals surface area contributed by atoms with Gasteiger partial charge in [0.2, 0.25) is 11.8 Å². The maximum atomic E-state index is 9.57. The molecule has 7 heteroatoms. The van der Waals surface area contributed by atoms with Crippen LogP contribution in [0.5, 0.6) is 17.4 Å². The highest BCUT2D eigenvalue weighted by molar-refractivity contribution is 5.59. The molecule has 0 fully saturated rings. The van der Waals surface area contributed by atoms with Crippen LogP contribution in [0, 0.1) is 18.3 Å². The Morgan fingerprint density at radius 2 is 2.13 bits per heavy atom. The number of aromatic amines is 1. The van der Waals surface area contributed by atoms with E-state index < -0.39 is 5.92 Å². The molecule has 0 unspecified atom stereocenters. The van der Waals surface area contributed by atoms with Gasteiger partial charge in [0.1, 0.15) is 23.1 Å². The molecular formula is C16H16N4O3. The van der Waals surface area contributed by atoms with E-state index in [9.17, 15) is 5.26 Å². The summed E-state index contributed by atoms with van der Waals surface area (Å²) < 4.78 is 16.2. The van der Waals surface area contributed by atoms with E-state index in [-0.39, 0.29) is 5.88 Å². The molecule has 1 aliphatic heterocycles. The number of benzene rings is 1. The molecule has 0 saturated carbocycles. The number of nitrogens with zero attached hydrogens (tertiary/aromatic N) is 2. The molecule has 1 aromatic heterocycles. The second kappa shape index (κ2) is 5.57. The van der Waals surface area contributed by atoms with Crippen LogP contribution in [0.1, 0.15) is 22.7 Å². The summed E-state index contributed by atoms with van der Waals surface area (Å²) in [7, 11) is 3.16. The van der Waals surface area contributed by atoms with Crippen molar-refractivity contribution in [3.63, 3.8) is 0 Å². The minimum absolute atomic E-state index is 0.0429. The third-order valence-electron chi connectivity index (χ3n) is 3.88. The van der Waals surface area contributed by atoms with E-state index in [0.29, 0.717) is 23.0 Å². The first-order chi connectivity index (χ1) is 11.1. The summed E-state index contributed by atoms with van der Waals surface area (Å²) in [5.74, 6) is 1.26. The average Bonchev–Trinajstić information content (AvgIpc) is 2.93. The number of H-pyrrole nitrogens is 1.